The Bertz CT molecular complexity index is 438. The van der Waals surface area contributed by atoms with Crippen LogP contribution in [-0.4, -0.2) is 37.1 Å². The second-order valence-corrected chi connectivity index (χ2v) is 5.69. The van der Waals surface area contributed by atoms with Crippen molar-refractivity contribution in [3.05, 3.63) is 29.8 Å². The average Bonchev–Trinajstić information content (AvgIpc) is 2.97. The van der Waals surface area contributed by atoms with Crippen molar-refractivity contribution >= 4 is 11.7 Å². The molecule has 1 atom stereocenters. The summed E-state index contributed by atoms with van der Waals surface area (Å²) in [6.45, 7) is 6.13. The van der Waals surface area contributed by atoms with Gasteiger partial charge in [-0.3, -0.25) is 0 Å². The van der Waals surface area contributed by atoms with Crippen molar-refractivity contribution in [2.24, 2.45) is 5.73 Å². The third-order valence-electron chi connectivity index (χ3n) is 3.83. The molecule has 1 aliphatic rings. The minimum Gasteiger partial charge on any atom is -0.338 e. The highest BCUT2D eigenvalue weighted by Crippen LogP contribution is 2.14. The number of nitrogens with zero attached hydrogens (tertiary/aromatic N) is 1. The Balaban J connectivity index is 1.64. The molecule has 0 radical (unpaired) electrons. The van der Waals surface area contributed by atoms with E-state index in [0.29, 0.717) is 6.54 Å². The highest BCUT2D eigenvalue weighted by Gasteiger charge is 2.10. The van der Waals surface area contributed by atoms with Gasteiger partial charge in [0.15, 0.2) is 0 Å². The molecule has 5 nitrogen and oxygen atoms in total. The number of benzene rings is 1. The molecule has 0 spiro atoms. The lowest BCUT2D eigenvalue weighted by molar-refractivity contribution is 0.251. The maximum atomic E-state index is 11.8. The summed E-state index contributed by atoms with van der Waals surface area (Å²) in [5.41, 5.74) is 7.64. The standard InChI is InChI=1S/C16H26N4O/c1-13(17)14-5-7-15(8-6-14)19-16(21)18-9-4-12-20-10-2-3-11-20/h5-8,13H,2-4,9-12,17H2,1H3,(H2,18,19,21). The van der Waals surface area contributed by atoms with Gasteiger partial charge in [-0.05, 0) is 63.5 Å². The van der Waals surface area contributed by atoms with Crippen LogP contribution < -0.4 is 16.4 Å². The number of amides is 2. The van der Waals surface area contributed by atoms with Crippen LogP contribution in [0.1, 0.15) is 37.8 Å². The Morgan fingerprint density at radius 1 is 1.29 bits per heavy atom. The van der Waals surface area contributed by atoms with Gasteiger partial charge in [-0.25, -0.2) is 4.79 Å². The van der Waals surface area contributed by atoms with Crippen LogP contribution in [0.5, 0.6) is 0 Å². The molecule has 1 aromatic rings. The molecule has 1 aromatic carbocycles. The van der Waals surface area contributed by atoms with Crippen LogP contribution in [0, 0.1) is 0 Å². The average molecular weight is 290 g/mol. The van der Waals surface area contributed by atoms with Gasteiger partial charge in [0.25, 0.3) is 0 Å². The Labute approximate surface area is 126 Å². The van der Waals surface area contributed by atoms with Gasteiger partial charge in [-0.15, -0.1) is 0 Å². The molecular weight excluding hydrogens is 264 g/mol. The SMILES string of the molecule is CC(N)c1ccc(NC(=O)NCCCN2CCCC2)cc1. The van der Waals surface area contributed by atoms with E-state index in [2.05, 4.69) is 15.5 Å². The molecule has 0 saturated carbocycles. The fourth-order valence-electron chi connectivity index (χ4n) is 2.56. The Kier molecular flexibility index (Phi) is 6.02. The normalized spacial score (nSPS) is 16.7. The predicted molar refractivity (Wildman–Crippen MR) is 86.4 cm³/mol. The fraction of sp³-hybridized carbons (Fsp3) is 0.562. The van der Waals surface area contributed by atoms with Crippen molar-refractivity contribution in [1.82, 2.24) is 10.2 Å². The van der Waals surface area contributed by atoms with Gasteiger partial charge in [0.05, 0.1) is 0 Å². The molecule has 5 heteroatoms. The Morgan fingerprint density at radius 2 is 1.95 bits per heavy atom. The molecule has 0 aromatic heterocycles. The lowest BCUT2D eigenvalue weighted by Crippen LogP contribution is -2.31. The summed E-state index contributed by atoms with van der Waals surface area (Å²) < 4.78 is 0. The third kappa shape index (κ3) is 5.36. The van der Waals surface area contributed by atoms with Crippen molar-refractivity contribution in [2.75, 3.05) is 31.5 Å². The first-order valence-electron chi connectivity index (χ1n) is 7.78. The molecule has 2 rings (SSSR count). The zero-order chi connectivity index (χ0) is 15.1. The molecule has 1 fully saturated rings. The van der Waals surface area contributed by atoms with E-state index in [4.69, 9.17) is 5.73 Å². The number of likely N-dealkylation sites (tertiary alicyclic amines) is 1. The zero-order valence-electron chi connectivity index (χ0n) is 12.8. The maximum Gasteiger partial charge on any atom is 0.319 e. The van der Waals surface area contributed by atoms with Crippen LogP contribution in [0.2, 0.25) is 0 Å². The number of nitrogens with two attached hydrogens (primary N) is 1. The first-order valence-corrected chi connectivity index (χ1v) is 7.78. The molecule has 0 bridgehead atoms. The molecule has 1 saturated heterocycles. The summed E-state index contributed by atoms with van der Waals surface area (Å²) in [5, 5.41) is 5.72. The summed E-state index contributed by atoms with van der Waals surface area (Å²) in [7, 11) is 0. The van der Waals surface area contributed by atoms with Crippen molar-refractivity contribution in [1.29, 1.82) is 0 Å². The van der Waals surface area contributed by atoms with Gasteiger partial charge in [0.1, 0.15) is 0 Å². The van der Waals surface area contributed by atoms with Gasteiger partial charge in [0.2, 0.25) is 0 Å². The number of nitrogens with one attached hydrogen (secondary N) is 2. The van der Waals surface area contributed by atoms with Crippen molar-refractivity contribution in [2.45, 2.75) is 32.2 Å². The van der Waals surface area contributed by atoms with E-state index in [1.807, 2.05) is 31.2 Å². The third-order valence-corrected chi connectivity index (χ3v) is 3.83. The molecule has 21 heavy (non-hydrogen) atoms. The summed E-state index contributed by atoms with van der Waals surface area (Å²) in [4.78, 5) is 14.2. The second kappa shape index (κ2) is 8.00. The van der Waals surface area contributed by atoms with E-state index in [9.17, 15) is 4.79 Å². The van der Waals surface area contributed by atoms with Crippen LogP contribution in [0.4, 0.5) is 10.5 Å². The summed E-state index contributed by atoms with van der Waals surface area (Å²) in [6, 6.07) is 7.50. The van der Waals surface area contributed by atoms with E-state index in [0.717, 1.165) is 24.2 Å². The summed E-state index contributed by atoms with van der Waals surface area (Å²) in [5.74, 6) is 0. The number of hydrogen-bond acceptors (Lipinski definition) is 3. The van der Waals surface area contributed by atoms with Crippen molar-refractivity contribution in [3.63, 3.8) is 0 Å². The van der Waals surface area contributed by atoms with E-state index in [1.165, 1.54) is 25.9 Å². The molecule has 1 unspecified atom stereocenters. The van der Waals surface area contributed by atoms with Gasteiger partial charge >= 0.3 is 6.03 Å². The molecule has 1 aliphatic heterocycles. The topological polar surface area (TPSA) is 70.4 Å². The largest absolute Gasteiger partial charge is 0.338 e. The second-order valence-electron chi connectivity index (χ2n) is 5.69. The van der Waals surface area contributed by atoms with Crippen LogP contribution in [0.3, 0.4) is 0 Å². The quantitative estimate of drug-likeness (QED) is 0.704. The highest BCUT2D eigenvalue weighted by molar-refractivity contribution is 5.89. The molecule has 116 valence electrons. The summed E-state index contributed by atoms with van der Waals surface area (Å²) >= 11 is 0. The fourth-order valence-corrected chi connectivity index (χ4v) is 2.56. The van der Waals surface area contributed by atoms with E-state index < -0.39 is 0 Å². The number of rotatable bonds is 6. The number of urea groups is 1. The van der Waals surface area contributed by atoms with Gasteiger partial charge in [-0.1, -0.05) is 12.1 Å². The zero-order valence-corrected chi connectivity index (χ0v) is 12.8. The number of anilines is 1. The molecule has 0 aliphatic carbocycles. The highest BCUT2D eigenvalue weighted by atomic mass is 16.2. The Morgan fingerprint density at radius 3 is 2.57 bits per heavy atom. The molecule has 2 amide bonds. The van der Waals surface area contributed by atoms with E-state index in [-0.39, 0.29) is 12.1 Å². The Hall–Kier alpha value is -1.59. The van der Waals surface area contributed by atoms with E-state index in [1.54, 1.807) is 0 Å². The van der Waals surface area contributed by atoms with Crippen molar-refractivity contribution < 1.29 is 4.79 Å². The van der Waals surface area contributed by atoms with Crippen LogP contribution in [0.15, 0.2) is 24.3 Å². The predicted octanol–water partition coefficient (Wildman–Crippen LogP) is 2.31. The number of carbonyl (C=O) groups is 1. The number of carbonyl (C=O) groups excluding carboxylic acids is 1. The summed E-state index contributed by atoms with van der Waals surface area (Å²) in [6.07, 6.45) is 3.62. The van der Waals surface area contributed by atoms with Crippen molar-refractivity contribution in [3.8, 4) is 0 Å². The van der Waals surface area contributed by atoms with Gasteiger partial charge in [-0.2, -0.15) is 0 Å². The van der Waals surface area contributed by atoms with Gasteiger partial charge in [0, 0.05) is 18.3 Å². The lowest BCUT2D eigenvalue weighted by Gasteiger charge is -2.14. The maximum absolute atomic E-state index is 11.8. The van der Waals surface area contributed by atoms with Crippen LogP contribution in [0.25, 0.3) is 0 Å². The smallest absolute Gasteiger partial charge is 0.319 e. The lowest BCUT2D eigenvalue weighted by atomic mass is 10.1. The first kappa shape index (κ1) is 15.8. The van der Waals surface area contributed by atoms with Crippen LogP contribution in [-0.2, 0) is 0 Å². The van der Waals surface area contributed by atoms with E-state index >= 15 is 0 Å². The minimum atomic E-state index is -0.148. The molecule has 1 heterocycles. The van der Waals surface area contributed by atoms with Gasteiger partial charge < -0.3 is 21.3 Å². The first-order chi connectivity index (χ1) is 10.1. The molecular formula is C16H26N4O. The molecule has 4 N–H and O–H groups in total. The number of hydrogen-bond donors (Lipinski definition) is 3. The minimum absolute atomic E-state index is 0.0125. The van der Waals surface area contributed by atoms with Crippen LogP contribution >= 0.6 is 0 Å². The monoisotopic (exact) mass is 290 g/mol.